The monoisotopic (exact) mass is 392 g/mol. The zero-order valence-corrected chi connectivity index (χ0v) is 14.2. The average Bonchev–Trinajstić information content (AvgIpc) is 2.85. The van der Waals surface area contributed by atoms with Crippen molar-refractivity contribution in [1.82, 2.24) is 14.7 Å². The van der Waals surface area contributed by atoms with Crippen LogP contribution in [0.2, 0.25) is 0 Å². The summed E-state index contributed by atoms with van der Waals surface area (Å²) in [5.74, 6) is 0.284. The Bertz CT molecular complexity index is 785. The van der Waals surface area contributed by atoms with Crippen LogP contribution in [0.3, 0.4) is 0 Å². The molecule has 7 nitrogen and oxygen atoms in total. The maximum atomic E-state index is 12.4. The summed E-state index contributed by atoms with van der Waals surface area (Å²) in [6.07, 6.45) is 1.52. The van der Waals surface area contributed by atoms with Crippen molar-refractivity contribution in [3.8, 4) is 0 Å². The molecule has 0 spiro atoms. The highest BCUT2D eigenvalue weighted by Gasteiger charge is 2.20. The van der Waals surface area contributed by atoms with Crippen LogP contribution < -0.4 is 14.9 Å². The molecular formula is C11H13BrN4O3S2. The number of aromatic nitrogens is 2. The van der Waals surface area contributed by atoms with Gasteiger partial charge >= 0.3 is 4.87 Å². The highest BCUT2D eigenvalue weighted by molar-refractivity contribution is 9.10. The highest BCUT2D eigenvalue weighted by Crippen LogP contribution is 2.22. The summed E-state index contributed by atoms with van der Waals surface area (Å²) in [4.78, 5) is 17.5. The minimum atomic E-state index is -3.75. The van der Waals surface area contributed by atoms with Crippen molar-refractivity contribution in [2.45, 2.75) is 18.4 Å². The summed E-state index contributed by atoms with van der Waals surface area (Å²) in [7, 11) is -3.75. The molecule has 3 N–H and O–H groups in total. The Morgan fingerprint density at radius 1 is 1.48 bits per heavy atom. The number of H-pyrrole nitrogens is 1. The fourth-order valence-corrected chi connectivity index (χ4v) is 3.80. The van der Waals surface area contributed by atoms with Crippen molar-refractivity contribution in [2.75, 3.05) is 11.9 Å². The normalized spacial score (nSPS) is 11.5. The van der Waals surface area contributed by atoms with E-state index in [1.54, 1.807) is 5.38 Å². The van der Waals surface area contributed by atoms with Crippen molar-refractivity contribution in [3.05, 3.63) is 37.5 Å². The average molecular weight is 393 g/mol. The fourth-order valence-electron chi connectivity index (χ4n) is 1.58. The van der Waals surface area contributed by atoms with Gasteiger partial charge in [0.15, 0.2) is 0 Å². The van der Waals surface area contributed by atoms with E-state index in [0.717, 1.165) is 11.3 Å². The Hall–Kier alpha value is -1.23. The lowest BCUT2D eigenvalue weighted by Gasteiger charge is -2.11. The van der Waals surface area contributed by atoms with E-state index >= 15 is 0 Å². The van der Waals surface area contributed by atoms with Crippen LogP contribution in [0.25, 0.3) is 0 Å². The van der Waals surface area contributed by atoms with Crippen molar-refractivity contribution < 1.29 is 8.42 Å². The van der Waals surface area contributed by atoms with Gasteiger partial charge in [-0.2, -0.15) is 0 Å². The zero-order chi connectivity index (χ0) is 15.5. The number of aromatic amines is 1. The molecule has 0 radical (unpaired) electrons. The number of rotatable bonds is 6. The topological polar surface area (TPSA) is 104 Å². The van der Waals surface area contributed by atoms with Crippen LogP contribution in [-0.4, -0.2) is 24.9 Å². The minimum Gasteiger partial charge on any atom is -0.369 e. The van der Waals surface area contributed by atoms with Crippen molar-refractivity contribution in [3.63, 3.8) is 0 Å². The van der Waals surface area contributed by atoms with Gasteiger partial charge in [0.05, 0.1) is 6.54 Å². The van der Waals surface area contributed by atoms with Crippen LogP contribution in [0.4, 0.5) is 5.82 Å². The number of hydrogen-bond donors (Lipinski definition) is 3. The van der Waals surface area contributed by atoms with E-state index in [2.05, 4.69) is 35.9 Å². The maximum Gasteiger partial charge on any atom is 0.304 e. The third-order valence-electron chi connectivity index (χ3n) is 2.48. The van der Waals surface area contributed by atoms with Crippen LogP contribution in [0.5, 0.6) is 0 Å². The second-order valence-corrected chi connectivity index (χ2v) is 7.52. The molecule has 0 bridgehead atoms. The summed E-state index contributed by atoms with van der Waals surface area (Å²) >= 11 is 4.20. The predicted octanol–water partition coefficient (Wildman–Crippen LogP) is 1.50. The second kappa shape index (κ2) is 6.69. The molecule has 0 aliphatic heterocycles. The van der Waals surface area contributed by atoms with E-state index in [4.69, 9.17) is 0 Å². The third kappa shape index (κ3) is 4.13. The molecule has 0 aliphatic rings. The lowest BCUT2D eigenvalue weighted by Crippen LogP contribution is -2.25. The fraction of sp³-hybridized carbons (Fsp3) is 0.273. The molecule has 114 valence electrons. The number of anilines is 1. The number of nitrogens with one attached hydrogen (secondary N) is 3. The molecule has 2 aromatic rings. The number of pyridine rings is 1. The number of thiazole rings is 1. The third-order valence-corrected chi connectivity index (χ3v) is 5.04. The number of hydrogen-bond acceptors (Lipinski definition) is 6. The number of nitrogens with zero attached hydrogens (tertiary/aromatic N) is 1. The molecule has 0 fully saturated rings. The van der Waals surface area contributed by atoms with E-state index in [-0.39, 0.29) is 22.1 Å². The molecule has 2 rings (SSSR count). The van der Waals surface area contributed by atoms with Gasteiger partial charge in [0.2, 0.25) is 10.0 Å². The Morgan fingerprint density at radius 2 is 2.24 bits per heavy atom. The molecule has 0 unspecified atom stereocenters. The molecule has 0 atom stereocenters. The first-order chi connectivity index (χ1) is 9.92. The van der Waals surface area contributed by atoms with Gasteiger partial charge in [-0.3, -0.25) is 4.79 Å². The quantitative estimate of drug-likeness (QED) is 0.690. The molecule has 10 heteroatoms. The van der Waals surface area contributed by atoms with E-state index in [9.17, 15) is 13.2 Å². The van der Waals surface area contributed by atoms with E-state index in [0.29, 0.717) is 16.7 Å². The van der Waals surface area contributed by atoms with Gasteiger partial charge in [-0.15, -0.1) is 0 Å². The molecule has 0 aromatic carbocycles. The SMILES string of the molecule is CCNc1ncc(Br)cc1S(=O)(=O)NCc1csc(=O)[nH]1. The second-order valence-electron chi connectivity index (χ2n) is 4.03. The molecule has 21 heavy (non-hydrogen) atoms. The molecule has 2 heterocycles. The standard InChI is InChI=1S/C11H13BrN4O3S2/c1-2-13-10-9(3-7(12)4-14-10)21(18,19)15-5-8-6-20-11(17)16-8/h3-4,6,15H,2,5H2,1H3,(H,13,14)(H,16,17). The summed E-state index contributed by atoms with van der Waals surface area (Å²) in [5.41, 5.74) is 0.515. The smallest absolute Gasteiger partial charge is 0.304 e. The van der Waals surface area contributed by atoms with Gasteiger partial charge in [-0.25, -0.2) is 18.1 Å². The maximum absolute atomic E-state index is 12.4. The first-order valence-corrected chi connectivity index (χ1v) is 9.13. The van der Waals surface area contributed by atoms with Crippen LogP contribution in [-0.2, 0) is 16.6 Å². The molecular weight excluding hydrogens is 380 g/mol. The van der Waals surface area contributed by atoms with Gasteiger partial charge in [0.1, 0.15) is 10.7 Å². The molecule has 0 saturated carbocycles. The number of halogens is 1. The summed E-state index contributed by atoms with van der Waals surface area (Å²) < 4.78 is 27.7. The summed E-state index contributed by atoms with van der Waals surface area (Å²) in [5, 5.41) is 4.48. The highest BCUT2D eigenvalue weighted by atomic mass is 79.9. The zero-order valence-electron chi connectivity index (χ0n) is 11.0. The molecule has 0 aliphatic carbocycles. The predicted molar refractivity (Wildman–Crippen MR) is 85.1 cm³/mol. The van der Waals surface area contributed by atoms with Crippen LogP contribution in [0.15, 0.2) is 31.8 Å². The molecule has 0 saturated heterocycles. The van der Waals surface area contributed by atoms with Crippen LogP contribution in [0, 0.1) is 0 Å². The van der Waals surface area contributed by atoms with Crippen LogP contribution in [0.1, 0.15) is 12.6 Å². The van der Waals surface area contributed by atoms with Crippen molar-refractivity contribution >= 4 is 43.1 Å². The van der Waals surface area contributed by atoms with Gasteiger partial charge < -0.3 is 10.3 Å². The molecule has 0 amide bonds. The van der Waals surface area contributed by atoms with Gasteiger partial charge in [0, 0.05) is 28.3 Å². The van der Waals surface area contributed by atoms with E-state index in [1.807, 2.05) is 6.92 Å². The Kier molecular flexibility index (Phi) is 5.14. The van der Waals surface area contributed by atoms with Gasteiger partial charge in [0.25, 0.3) is 0 Å². The lowest BCUT2D eigenvalue weighted by molar-refractivity contribution is 0.580. The lowest BCUT2D eigenvalue weighted by atomic mass is 10.4. The van der Waals surface area contributed by atoms with E-state index in [1.165, 1.54) is 12.3 Å². The summed E-state index contributed by atoms with van der Waals surface area (Å²) in [6.45, 7) is 2.41. The minimum absolute atomic E-state index is 0.0130. The molecule has 2 aromatic heterocycles. The van der Waals surface area contributed by atoms with Crippen LogP contribution >= 0.6 is 27.3 Å². The van der Waals surface area contributed by atoms with Gasteiger partial charge in [-0.05, 0) is 28.9 Å². The first-order valence-electron chi connectivity index (χ1n) is 5.98. The Balaban J connectivity index is 2.26. The van der Waals surface area contributed by atoms with Crippen molar-refractivity contribution in [1.29, 1.82) is 0 Å². The Labute approximate surface area is 134 Å². The number of sulfonamides is 1. The van der Waals surface area contributed by atoms with Gasteiger partial charge in [-0.1, -0.05) is 11.3 Å². The largest absolute Gasteiger partial charge is 0.369 e. The first kappa shape index (κ1) is 16.1. The Morgan fingerprint density at radius 3 is 2.86 bits per heavy atom. The van der Waals surface area contributed by atoms with E-state index < -0.39 is 10.0 Å². The van der Waals surface area contributed by atoms with Crippen molar-refractivity contribution in [2.24, 2.45) is 0 Å². The summed E-state index contributed by atoms with van der Waals surface area (Å²) in [6, 6.07) is 1.48.